The van der Waals surface area contributed by atoms with Crippen LogP contribution >= 0.6 is 11.6 Å². The molecule has 0 bridgehead atoms. The number of carboxylic acids is 1. The molecular formula is C11H9ClO4. The SMILES string of the molecule is COc1ccc(Cl)cc1C(=O)C=CC(=O)O. The lowest BCUT2D eigenvalue weighted by atomic mass is 10.1. The Kier molecular flexibility index (Phi) is 4.08. The van der Waals surface area contributed by atoms with Gasteiger partial charge >= 0.3 is 5.97 Å². The minimum Gasteiger partial charge on any atom is -0.496 e. The monoisotopic (exact) mass is 240 g/mol. The van der Waals surface area contributed by atoms with Gasteiger partial charge in [0.1, 0.15) is 5.75 Å². The van der Waals surface area contributed by atoms with Crippen molar-refractivity contribution in [1.29, 1.82) is 0 Å². The number of hydrogen-bond donors (Lipinski definition) is 1. The van der Waals surface area contributed by atoms with Crippen LogP contribution in [-0.2, 0) is 4.79 Å². The van der Waals surface area contributed by atoms with Crippen molar-refractivity contribution in [1.82, 2.24) is 0 Å². The van der Waals surface area contributed by atoms with Crippen LogP contribution < -0.4 is 4.74 Å². The molecule has 0 saturated carbocycles. The highest BCUT2D eigenvalue weighted by atomic mass is 35.5. The van der Waals surface area contributed by atoms with E-state index < -0.39 is 11.8 Å². The van der Waals surface area contributed by atoms with Crippen molar-refractivity contribution < 1.29 is 19.4 Å². The summed E-state index contributed by atoms with van der Waals surface area (Å²) in [6, 6.07) is 4.55. The fraction of sp³-hybridized carbons (Fsp3) is 0.0909. The summed E-state index contributed by atoms with van der Waals surface area (Å²) in [6.07, 6.45) is 1.72. The van der Waals surface area contributed by atoms with Crippen LogP contribution in [0.5, 0.6) is 5.75 Å². The number of rotatable bonds is 4. The average Bonchev–Trinajstić information content (AvgIpc) is 2.25. The summed E-state index contributed by atoms with van der Waals surface area (Å²) >= 11 is 5.73. The Labute approximate surface area is 97.1 Å². The number of halogens is 1. The molecule has 0 unspecified atom stereocenters. The summed E-state index contributed by atoms with van der Waals surface area (Å²) in [5.74, 6) is -1.31. The molecule has 84 valence electrons. The van der Waals surface area contributed by atoms with Gasteiger partial charge in [-0.1, -0.05) is 11.6 Å². The smallest absolute Gasteiger partial charge is 0.328 e. The third-order valence-electron chi connectivity index (χ3n) is 1.80. The van der Waals surface area contributed by atoms with Gasteiger partial charge < -0.3 is 9.84 Å². The number of carbonyl (C=O) groups is 2. The summed E-state index contributed by atoms with van der Waals surface area (Å²) in [4.78, 5) is 21.9. The Morgan fingerprint density at radius 1 is 1.38 bits per heavy atom. The van der Waals surface area contributed by atoms with Crippen LogP contribution in [0.2, 0.25) is 5.02 Å². The topological polar surface area (TPSA) is 63.6 Å². The first-order valence-electron chi connectivity index (χ1n) is 4.33. The molecule has 16 heavy (non-hydrogen) atoms. The Balaban J connectivity index is 3.06. The molecule has 1 aromatic rings. The lowest BCUT2D eigenvalue weighted by molar-refractivity contribution is -0.131. The molecule has 0 fully saturated rings. The minimum absolute atomic E-state index is 0.229. The van der Waals surface area contributed by atoms with E-state index in [1.54, 1.807) is 12.1 Å². The van der Waals surface area contributed by atoms with Crippen molar-refractivity contribution >= 4 is 23.4 Å². The Hall–Kier alpha value is -1.81. The predicted molar refractivity (Wildman–Crippen MR) is 59.1 cm³/mol. The third kappa shape index (κ3) is 3.10. The highest BCUT2D eigenvalue weighted by Gasteiger charge is 2.10. The summed E-state index contributed by atoms with van der Waals surface area (Å²) in [5.41, 5.74) is 0.229. The normalized spacial score (nSPS) is 10.4. The lowest BCUT2D eigenvalue weighted by Crippen LogP contribution is -2.00. The van der Waals surface area contributed by atoms with Crippen LogP contribution in [0.25, 0.3) is 0 Å². The van der Waals surface area contributed by atoms with Gasteiger partial charge in [0.15, 0.2) is 5.78 Å². The van der Waals surface area contributed by atoms with Crippen LogP contribution in [0.15, 0.2) is 30.4 Å². The standard InChI is InChI=1S/C11H9ClO4/c1-16-10-4-2-7(12)6-8(10)9(13)3-5-11(14)15/h2-6H,1H3,(H,14,15). The molecular weight excluding hydrogens is 232 g/mol. The van der Waals surface area contributed by atoms with E-state index in [2.05, 4.69) is 0 Å². The summed E-state index contributed by atoms with van der Waals surface area (Å²) < 4.78 is 4.97. The van der Waals surface area contributed by atoms with Crippen LogP contribution in [0, 0.1) is 0 Å². The van der Waals surface area contributed by atoms with Gasteiger partial charge in [0.2, 0.25) is 0 Å². The van der Waals surface area contributed by atoms with Crippen molar-refractivity contribution in [2.75, 3.05) is 7.11 Å². The van der Waals surface area contributed by atoms with Gasteiger partial charge in [0, 0.05) is 11.1 Å². The van der Waals surface area contributed by atoms with Crippen molar-refractivity contribution in [3.05, 3.63) is 40.9 Å². The molecule has 0 aliphatic heterocycles. The van der Waals surface area contributed by atoms with Crippen LogP contribution in [0.4, 0.5) is 0 Å². The number of aliphatic carboxylic acids is 1. The fourth-order valence-corrected chi connectivity index (χ4v) is 1.28. The van der Waals surface area contributed by atoms with Crippen molar-refractivity contribution in [3.8, 4) is 5.75 Å². The molecule has 0 radical (unpaired) electrons. The van der Waals surface area contributed by atoms with Crippen LogP contribution in [0.3, 0.4) is 0 Å². The molecule has 0 saturated heterocycles. The predicted octanol–water partition coefficient (Wildman–Crippen LogP) is 2.17. The number of hydrogen-bond acceptors (Lipinski definition) is 3. The quantitative estimate of drug-likeness (QED) is 0.647. The van der Waals surface area contributed by atoms with Gasteiger partial charge in [-0.25, -0.2) is 4.79 Å². The van der Waals surface area contributed by atoms with E-state index in [9.17, 15) is 9.59 Å². The van der Waals surface area contributed by atoms with Crippen LogP contribution in [-0.4, -0.2) is 24.0 Å². The molecule has 1 aromatic carbocycles. The number of ether oxygens (including phenoxy) is 1. The Morgan fingerprint density at radius 2 is 2.06 bits per heavy atom. The molecule has 0 heterocycles. The van der Waals surface area contributed by atoms with Crippen molar-refractivity contribution in [2.24, 2.45) is 0 Å². The van der Waals surface area contributed by atoms with E-state index in [4.69, 9.17) is 21.4 Å². The second kappa shape index (κ2) is 5.32. The Morgan fingerprint density at radius 3 is 2.62 bits per heavy atom. The van der Waals surface area contributed by atoms with Crippen molar-refractivity contribution in [3.63, 3.8) is 0 Å². The van der Waals surface area contributed by atoms with Crippen LogP contribution in [0.1, 0.15) is 10.4 Å². The first-order valence-corrected chi connectivity index (χ1v) is 4.71. The fourth-order valence-electron chi connectivity index (χ4n) is 1.11. The first-order chi connectivity index (χ1) is 7.54. The van der Waals surface area contributed by atoms with Gasteiger partial charge in [-0.3, -0.25) is 4.79 Å². The number of carbonyl (C=O) groups excluding carboxylic acids is 1. The Bertz CT molecular complexity index is 451. The number of allylic oxidation sites excluding steroid dienone is 1. The van der Waals surface area contributed by atoms with E-state index in [-0.39, 0.29) is 5.56 Å². The zero-order valence-corrected chi connectivity index (χ0v) is 9.19. The van der Waals surface area contributed by atoms with E-state index >= 15 is 0 Å². The van der Waals surface area contributed by atoms with E-state index in [1.807, 2.05) is 0 Å². The molecule has 4 nitrogen and oxygen atoms in total. The second-order valence-electron chi connectivity index (χ2n) is 2.88. The molecule has 0 aliphatic rings. The molecule has 0 aromatic heterocycles. The van der Waals surface area contributed by atoms with Gasteiger partial charge in [-0.15, -0.1) is 0 Å². The summed E-state index contributed by atoms with van der Waals surface area (Å²) in [6.45, 7) is 0. The zero-order chi connectivity index (χ0) is 12.1. The van der Waals surface area contributed by atoms with Gasteiger partial charge in [-0.05, 0) is 24.3 Å². The highest BCUT2D eigenvalue weighted by molar-refractivity contribution is 6.31. The zero-order valence-electron chi connectivity index (χ0n) is 8.44. The third-order valence-corrected chi connectivity index (χ3v) is 2.04. The van der Waals surface area contributed by atoms with E-state index in [0.29, 0.717) is 10.8 Å². The largest absolute Gasteiger partial charge is 0.496 e. The number of carboxylic acid groups (broad SMARTS) is 1. The second-order valence-corrected chi connectivity index (χ2v) is 3.32. The minimum atomic E-state index is -1.19. The number of methoxy groups -OCH3 is 1. The summed E-state index contributed by atoms with van der Waals surface area (Å²) in [5, 5.41) is 8.78. The molecule has 1 N–H and O–H groups in total. The summed E-state index contributed by atoms with van der Waals surface area (Å²) in [7, 11) is 1.42. The van der Waals surface area contributed by atoms with Gasteiger partial charge in [0.05, 0.1) is 12.7 Å². The molecule has 5 heteroatoms. The first kappa shape index (κ1) is 12.3. The van der Waals surface area contributed by atoms with Gasteiger partial charge in [0.25, 0.3) is 0 Å². The van der Waals surface area contributed by atoms with Crippen molar-refractivity contribution in [2.45, 2.75) is 0 Å². The maximum Gasteiger partial charge on any atom is 0.328 e. The molecule has 0 amide bonds. The highest BCUT2D eigenvalue weighted by Crippen LogP contribution is 2.23. The van der Waals surface area contributed by atoms with E-state index in [1.165, 1.54) is 13.2 Å². The lowest BCUT2D eigenvalue weighted by Gasteiger charge is -2.05. The van der Waals surface area contributed by atoms with Gasteiger partial charge in [-0.2, -0.15) is 0 Å². The maximum atomic E-state index is 11.6. The van der Waals surface area contributed by atoms with E-state index in [0.717, 1.165) is 12.2 Å². The average molecular weight is 241 g/mol. The number of ketones is 1. The number of benzene rings is 1. The molecule has 0 spiro atoms. The maximum absolute atomic E-state index is 11.6. The molecule has 0 aliphatic carbocycles. The molecule has 1 rings (SSSR count). The molecule has 0 atom stereocenters.